The molecule has 0 aliphatic heterocycles. The summed E-state index contributed by atoms with van der Waals surface area (Å²) in [6.45, 7) is 10.0. The van der Waals surface area contributed by atoms with Gasteiger partial charge in [0, 0.05) is 25.7 Å². The summed E-state index contributed by atoms with van der Waals surface area (Å²) in [7, 11) is 1.59. The van der Waals surface area contributed by atoms with Gasteiger partial charge in [-0.05, 0) is 49.7 Å². The fourth-order valence-corrected chi connectivity index (χ4v) is 4.68. The molecule has 0 saturated heterocycles. The minimum Gasteiger partial charge on any atom is -0.463 e. The van der Waals surface area contributed by atoms with Gasteiger partial charge < -0.3 is 19.5 Å². The highest BCUT2D eigenvalue weighted by molar-refractivity contribution is 6.34. The fourth-order valence-electron chi connectivity index (χ4n) is 4.37. The van der Waals surface area contributed by atoms with Crippen LogP contribution in [0.25, 0.3) is 11.1 Å². The number of halogens is 1. The number of nitrogens with zero attached hydrogens (tertiary/aromatic N) is 2. The summed E-state index contributed by atoms with van der Waals surface area (Å²) < 4.78 is 6.93. The number of hydrogen-bond donors (Lipinski definition) is 2. The van der Waals surface area contributed by atoms with Crippen LogP contribution < -0.4 is 16.6 Å². The van der Waals surface area contributed by atoms with Crippen LogP contribution in [-0.4, -0.2) is 58.6 Å². The minimum absolute atomic E-state index is 0.169. The molecule has 1 heterocycles. The van der Waals surface area contributed by atoms with Crippen LogP contribution in [0.4, 0.5) is 0 Å². The number of amides is 1. The van der Waals surface area contributed by atoms with E-state index in [-0.39, 0.29) is 13.0 Å². The molecule has 0 aliphatic carbocycles. The average Bonchev–Trinajstić information content (AvgIpc) is 2.90. The van der Waals surface area contributed by atoms with Gasteiger partial charge in [0.1, 0.15) is 12.6 Å². The number of likely N-dealkylation sites (N-methyl/N-ethyl adjacent to an activating group) is 1. The third-order valence-corrected chi connectivity index (χ3v) is 7.20. The monoisotopic (exact) mass is 554 g/mol. The van der Waals surface area contributed by atoms with Crippen molar-refractivity contribution >= 4 is 23.5 Å². The van der Waals surface area contributed by atoms with E-state index in [1.54, 1.807) is 63.4 Å². The van der Waals surface area contributed by atoms with Gasteiger partial charge in [-0.3, -0.25) is 14.6 Å². The van der Waals surface area contributed by atoms with Crippen LogP contribution in [0.15, 0.2) is 52.1 Å². The number of ether oxygens (including phenoxy) is 1. The molecule has 0 radical (unpaired) electrons. The molecule has 39 heavy (non-hydrogen) atoms. The lowest BCUT2D eigenvalue weighted by atomic mass is 10.00. The van der Waals surface area contributed by atoms with Crippen molar-refractivity contribution in [2.75, 3.05) is 26.2 Å². The summed E-state index contributed by atoms with van der Waals surface area (Å²) in [5.41, 5.74) is 2.34. The van der Waals surface area contributed by atoms with E-state index in [9.17, 15) is 19.2 Å². The Morgan fingerprint density at radius 3 is 2.36 bits per heavy atom. The molecule has 0 spiro atoms. The molecule has 1 atom stereocenters. The number of aryl methyl sites for hydroxylation is 1. The van der Waals surface area contributed by atoms with Gasteiger partial charge in [-0.15, -0.1) is 0 Å². The number of aromatic amines is 1. The molecular weight excluding hydrogens is 520 g/mol. The maximum Gasteiger partial charge on any atom is 0.329 e. The number of benzene rings is 2. The van der Waals surface area contributed by atoms with Crippen LogP contribution >= 0.6 is 11.6 Å². The second kappa shape index (κ2) is 13.4. The Morgan fingerprint density at radius 2 is 1.74 bits per heavy atom. The Kier molecular flexibility index (Phi) is 10.3. The maximum atomic E-state index is 13.2. The molecule has 3 aromatic rings. The first-order valence-electron chi connectivity index (χ1n) is 12.9. The lowest BCUT2D eigenvalue weighted by Crippen LogP contribution is -2.44. The predicted molar refractivity (Wildman–Crippen MR) is 152 cm³/mol. The Labute approximate surface area is 232 Å². The van der Waals surface area contributed by atoms with Crippen LogP contribution in [0.1, 0.15) is 41.0 Å². The molecule has 1 unspecified atom stereocenters. The Balaban J connectivity index is 1.85. The molecule has 0 fully saturated rings. The van der Waals surface area contributed by atoms with Gasteiger partial charge in [0.2, 0.25) is 0 Å². The first-order chi connectivity index (χ1) is 18.6. The zero-order valence-corrected chi connectivity index (χ0v) is 23.7. The van der Waals surface area contributed by atoms with E-state index in [1.165, 1.54) is 4.57 Å². The van der Waals surface area contributed by atoms with Crippen LogP contribution in [0.5, 0.6) is 0 Å². The van der Waals surface area contributed by atoms with Gasteiger partial charge in [-0.25, -0.2) is 9.59 Å². The molecule has 0 aliphatic rings. The molecule has 9 nitrogen and oxygen atoms in total. The molecule has 2 N–H and O–H groups in total. The average molecular weight is 555 g/mol. The molecule has 10 heteroatoms. The smallest absolute Gasteiger partial charge is 0.329 e. The predicted octanol–water partition coefficient (Wildman–Crippen LogP) is 3.24. The summed E-state index contributed by atoms with van der Waals surface area (Å²) in [5.74, 6) is -1.01. The standard InChI is InChI=1S/C29H35ClN4O5/c1-6-34(7-2)15-16-39-28(37)23(31-26(35)24-18(3)9-8-10-22(24)30)17-20-11-13-21(14-12-20)25-19(4)33(5)29(38)32-27(25)36/h8-14,23H,6-7,15-17H2,1-5H3,(H,31,35)(H,32,36,38). The first-order valence-corrected chi connectivity index (χ1v) is 13.3. The van der Waals surface area contributed by atoms with Crippen molar-refractivity contribution < 1.29 is 14.3 Å². The van der Waals surface area contributed by atoms with Crippen molar-refractivity contribution in [3.8, 4) is 11.1 Å². The highest BCUT2D eigenvalue weighted by Gasteiger charge is 2.25. The number of hydrogen-bond acceptors (Lipinski definition) is 6. The van der Waals surface area contributed by atoms with E-state index in [4.69, 9.17) is 16.3 Å². The van der Waals surface area contributed by atoms with E-state index in [2.05, 4.69) is 15.2 Å². The number of carbonyl (C=O) groups excluding carboxylic acids is 2. The zero-order chi connectivity index (χ0) is 28.7. The fraction of sp³-hybridized carbons (Fsp3) is 0.379. The van der Waals surface area contributed by atoms with Crippen molar-refractivity contribution in [3.63, 3.8) is 0 Å². The van der Waals surface area contributed by atoms with Gasteiger partial charge in [0.15, 0.2) is 0 Å². The third-order valence-electron chi connectivity index (χ3n) is 6.88. The topological polar surface area (TPSA) is 114 Å². The molecule has 208 valence electrons. The summed E-state index contributed by atoms with van der Waals surface area (Å²) in [6.07, 6.45) is 0.169. The summed E-state index contributed by atoms with van der Waals surface area (Å²) in [5, 5.41) is 3.10. The van der Waals surface area contributed by atoms with Crippen molar-refractivity contribution in [2.45, 2.75) is 40.2 Å². The highest BCUT2D eigenvalue weighted by Crippen LogP contribution is 2.21. The second-order valence-corrected chi connectivity index (χ2v) is 9.74. The van der Waals surface area contributed by atoms with Crippen LogP contribution in [0.2, 0.25) is 5.02 Å². The normalized spacial score (nSPS) is 11.9. The zero-order valence-electron chi connectivity index (χ0n) is 23.0. The van der Waals surface area contributed by atoms with E-state index in [1.807, 2.05) is 13.8 Å². The Bertz CT molecular complexity index is 1420. The van der Waals surface area contributed by atoms with Gasteiger partial charge in [0.25, 0.3) is 11.5 Å². The number of aromatic nitrogens is 2. The molecular formula is C29H35ClN4O5. The Hall–Kier alpha value is -3.69. The Morgan fingerprint density at radius 1 is 1.08 bits per heavy atom. The highest BCUT2D eigenvalue weighted by atomic mass is 35.5. The SMILES string of the molecule is CCN(CC)CCOC(=O)C(Cc1ccc(-c2c(C)n(C)c(=O)[nH]c2=O)cc1)NC(=O)c1c(C)cccc1Cl. The first kappa shape index (κ1) is 29.9. The van der Waals surface area contributed by atoms with Crippen molar-refractivity contribution in [1.29, 1.82) is 0 Å². The number of carbonyl (C=O) groups is 2. The van der Waals surface area contributed by atoms with E-state index < -0.39 is 29.2 Å². The summed E-state index contributed by atoms with van der Waals surface area (Å²) in [4.78, 5) is 55.1. The molecule has 3 rings (SSSR count). The van der Waals surface area contributed by atoms with E-state index in [0.29, 0.717) is 39.5 Å². The summed E-state index contributed by atoms with van der Waals surface area (Å²) in [6, 6.07) is 11.3. The van der Waals surface area contributed by atoms with Crippen LogP contribution in [-0.2, 0) is 23.0 Å². The molecule has 1 amide bonds. The van der Waals surface area contributed by atoms with Gasteiger partial charge in [0.05, 0.1) is 16.1 Å². The van der Waals surface area contributed by atoms with Crippen molar-refractivity contribution in [2.24, 2.45) is 7.05 Å². The largest absolute Gasteiger partial charge is 0.463 e. The molecule has 1 aromatic heterocycles. The number of H-pyrrole nitrogens is 1. The number of esters is 1. The minimum atomic E-state index is -0.960. The van der Waals surface area contributed by atoms with E-state index >= 15 is 0 Å². The lowest BCUT2D eigenvalue weighted by molar-refractivity contribution is -0.146. The maximum absolute atomic E-state index is 13.2. The van der Waals surface area contributed by atoms with Gasteiger partial charge in [-0.2, -0.15) is 0 Å². The second-order valence-electron chi connectivity index (χ2n) is 9.33. The quantitative estimate of drug-likeness (QED) is 0.352. The summed E-state index contributed by atoms with van der Waals surface area (Å²) >= 11 is 6.29. The van der Waals surface area contributed by atoms with Gasteiger partial charge in [-0.1, -0.05) is 61.8 Å². The number of nitrogens with one attached hydrogen (secondary N) is 2. The third kappa shape index (κ3) is 7.25. The van der Waals surface area contributed by atoms with Crippen molar-refractivity contribution in [1.82, 2.24) is 19.8 Å². The van der Waals surface area contributed by atoms with Gasteiger partial charge >= 0.3 is 11.7 Å². The molecule has 2 aromatic carbocycles. The van der Waals surface area contributed by atoms with Crippen molar-refractivity contribution in [3.05, 3.63) is 90.7 Å². The molecule has 0 bridgehead atoms. The molecule has 0 saturated carbocycles. The van der Waals surface area contributed by atoms with Crippen LogP contribution in [0, 0.1) is 13.8 Å². The lowest BCUT2D eigenvalue weighted by Gasteiger charge is -2.21. The van der Waals surface area contributed by atoms with Crippen LogP contribution in [0.3, 0.4) is 0 Å². The van der Waals surface area contributed by atoms with E-state index in [0.717, 1.165) is 18.7 Å². The number of rotatable bonds is 11.